The van der Waals surface area contributed by atoms with Crippen molar-refractivity contribution in [2.75, 3.05) is 16.4 Å². The molecule has 8 nitrogen and oxygen atoms in total. The summed E-state index contributed by atoms with van der Waals surface area (Å²) in [6.07, 6.45) is 2.04. The number of hydrogen-bond acceptors (Lipinski definition) is 7. The summed E-state index contributed by atoms with van der Waals surface area (Å²) in [6.45, 7) is 1.78. The van der Waals surface area contributed by atoms with Gasteiger partial charge in [0.2, 0.25) is 11.8 Å². The SMILES string of the molecule is CCC(=O)Nc1ccc(NC(=O)CSc2nnc3c4c(-c5ccc(F)cc5)csc4ncn23)cc1. The predicted octanol–water partition coefficient (Wildman–Crippen LogP) is 5.22. The van der Waals surface area contributed by atoms with Gasteiger partial charge in [0.1, 0.15) is 17.0 Å². The number of rotatable bonds is 7. The molecule has 5 aromatic rings. The van der Waals surface area contributed by atoms with Gasteiger partial charge in [0.25, 0.3) is 0 Å². The Hall–Kier alpha value is -3.83. The van der Waals surface area contributed by atoms with E-state index in [0.29, 0.717) is 28.6 Å². The van der Waals surface area contributed by atoms with Crippen LogP contribution in [0.4, 0.5) is 15.8 Å². The van der Waals surface area contributed by atoms with E-state index in [0.717, 1.165) is 21.3 Å². The van der Waals surface area contributed by atoms with Crippen LogP contribution in [0.1, 0.15) is 13.3 Å². The van der Waals surface area contributed by atoms with Gasteiger partial charge in [-0.1, -0.05) is 30.8 Å². The number of aromatic nitrogens is 4. The predicted molar refractivity (Wildman–Crippen MR) is 136 cm³/mol. The van der Waals surface area contributed by atoms with Gasteiger partial charge in [0.15, 0.2) is 10.8 Å². The summed E-state index contributed by atoms with van der Waals surface area (Å²) in [5.41, 5.74) is 3.70. The van der Waals surface area contributed by atoms with Crippen LogP contribution in [0.2, 0.25) is 0 Å². The zero-order chi connectivity index (χ0) is 24.4. The number of thioether (sulfide) groups is 1. The van der Waals surface area contributed by atoms with Gasteiger partial charge >= 0.3 is 0 Å². The molecule has 0 bridgehead atoms. The molecule has 35 heavy (non-hydrogen) atoms. The highest BCUT2D eigenvalue weighted by molar-refractivity contribution is 7.99. The third kappa shape index (κ3) is 4.86. The van der Waals surface area contributed by atoms with Gasteiger partial charge < -0.3 is 10.6 Å². The summed E-state index contributed by atoms with van der Waals surface area (Å²) >= 11 is 2.73. The summed E-state index contributed by atoms with van der Waals surface area (Å²) in [4.78, 5) is 29.3. The average molecular weight is 507 g/mol. The molecule has 0 atom stereocenters. The lowest BCUT2D eigenvalue weighted by Gasteiger charge is -2.07. The molecule has 0 aliphatic carbocycles. The number of carbonyl (C=O) groups excluding carboxylic acids is 2. The van der Waals surface area contributed by atoms with Crippen molar-refractivity contribution in [3.05, 3.63) is 66.1 Å². The third-order valence-corrected chi connectivity index (χ3v) is 7.04. The Morgan fingerprint density at radius 2 is 1.69 bits per heavy atom. The van der Waals surface area contributed by atoms with Crippen LogP contribution in [-0.2, 0) is 9.59 Å². The van der Waals surface area contributed by atoms with Crippen LogP contribution in [-0.4, -0.2) is 37.1 Å². The second-order valence-corrected chi connectivity index (χ2v) is 9.37. The largest absolute Gasteiger partial charge is 0.326 e. The molecule has 3 aromatic heterocycles. The summed E-state index contributed by atoms with van der Waals surface area (Å²) < 4.78 is 15.1. The highest BCUT2D eigenvalue weighted by atomic mass is 32.2. The van der Waals surface area contributed by atoms with E-state index in [-0.39, 0.29) is 23.4 Å². The van der Waals surface area contributed by atoms with E-state index in [2.05, 4.69) is 25.8 Å². The summed E-state index contributed by atoms with van der Waals surface area (Å²) in [7, 11) is 0. The number of hydrogen-bond donors (Lipinski definition) is 2. The maximum absolute atomic E-state index is 13.4. The minimum absolute atomic E-state index is 0.0716. The molecule has 2 amide bonds. The molecular formula is C24H19FN6O2S2. The van der Waals surface area contributed by atoms with Crippen LogP contribution in [0.3, 0.4) is 0 Å². The first-order chi connectivity index (χ1) is 17.0. The Labute approximate surface area is 207 Å². The molecule has 2 aromatic carbocycles. The topological polar surface area (TPSA) is 101 Å². The van der Waals surface area contributed by atoms with E-state index < -0.39 is 0 Å². The van der Waals surface area contributed by atoms with Crippen LogP contribution in [0.5, 0.6) is 0 Å². The molecule has 0 saturated carbocycles. The molecule has 0 aliphatic rings. The number of fused-ring (bicyclic) bond motifs is 3. The van der Waals surface area contributed by atoms with Crippen molar-refractivity contribution in [2.24, 2.45) is 0 Å². The number of carbonyl (C=O) groups is 2. The van der Waals surface area contributed by atoms with Crippen LogP contribution >= 0.6 is 23.1 Å². The number of amides is 2. The number of thiophene rings is 1. The van der Waals surface area contributed by atoms with Gasteiger partial charge in [-0.15, -0.1) is 21.5 Å². The van der Waals surface area contributed by atoms with Crippen molar-refractivity contribution in [1.82, 2.24) is 19.6 Å². The second kappa shape index (κ2) is 9.80. The first-order valence-corrected chi connectivity index (χ1v) is 12.6. The molecule has 5 rings (SSSR count). The molecule has 11 heteroatoms. The zero-order valence-electron chi connectivity index (χ0n) is 18.5. The minimum Gasteiger partial charge on any atom is -0.326 e. The molecule has 3 heterocycles. The Morgan fingerprint density at radius 3 is 2.37 bits per heavy atom. The number of nitrogens with one attached hydrogen (secondary N) is 2. The highest BCUT2D eigenvalue weighted by Gasteiger charge is 2.17. The Morgan fingerprint density at radius 1 is 1.00 bits per heavy atom. The van der Waals surface area contributed by atoms with E-state index in [1.165, 1.54) is 35.2 Å². The number of nitrogens with zero attached hydrogens (tertiary/aromatic N) is 4. The average Bonchev–Trinajstić information content (AvgIpc) is 3.48. The maximum atomic E-state index is 13.4. The lowest BCUT2D eigenvalue weighted by Crippen LogP contribution is -2.14. The van der Waals surface area contributed by atoms with Crippen molar-refractivity contribution in [3.8, 4) is 11.1 Å². The first-order valence-electron chi connectivity index (χ1n) is 10.7. The van der Waals surface area contributed by atoms with Crippen molar-refractivity contribution in [2.45, 2.75) is 18.5 Å². The maximum Gasteiger partial charge on any atom is 0.234 e. The molecule has 0 aliphatic heterocycles. The van der Waals surface area contributed by atoms with Crippen molar-refractivity contribution in [3.63, 3.8) is 0 Å². The smallest absolute Gasteiger partial charge is 0.234 e. The van der Waals surface area contributed by atoms with E-state index in [1.807, 2.05) is 5.38 Å². The van der Waals surface area contributed by atoms with E-state index >= 15 is 0 Å². The summed E-state index contributed by atoms with van der Waals surface area (Å²) in [5, 5.41) is 17.5. The van der Waals surface area contributed by atoms with Gasteiger partial charge in [-0.2, -0.15) is 0 Å². The fourth-order valence-corrected chi connectivity index (χ4v) is 5.09. The molecule has 2 N–H and O–H groups in total. The van der Waals surface area contributed by atoms with Crippen LogP contribution < -0.4 is 10.6 Å². The normalized spacial score (nSPS) is 11.1. The monoisotopic (exact) mass is 506 g/mol. The van der Waals surface area contributed by atoms with Gasteiger partial charge in [-0.25, -0.2) is 9.37 Å². The van der Waals surface area contributed by atoms with E-state index in [9.17, 15) is 14.0 Å². The van der Waals surface area contributed by atoms with Crippen LogP contribution in [0.15, 0.2) is 65.4 Å². The van der Waals surface area contributed by atoms with Gasteiger partial charge in [-0.05, 0) is 42.0 Å². The lowest BCUT2D eigenvalue weighted by atomic mass is 10.1. The summed E-state index contributed by atoms with van der Waals surface area (Å²) in [5.74, 6) is -0.441. The Bertz CT molecular complexity index is 1530. The standard InChI is InChI=1S/C24H19FN6O2S2/c1-2-19(32)27-16-7-9-17(10-8-16)28-20(33)12-35-24-30-29-22-21-18(14-3-5-15(25)6-4-14)11-34-23(21)26-13-31(22)24/h3-11,13H,2,12H2,1H3,(H,27,32)(H,28,33). The quantitative estimate of drug-likeness (QED) is 0.293. The molecular weight excluding hydrogens is 487 g/mol. The zero-order valence-corrected chi connectivity index (χ0v) is 20.1. The second-order valence-electron chi connectivity index (χ2n) is 7.57. The Balaban J connectivity index is 1.30. The first kappa shape index (κ1) is 22.9. The van der Waals surface area contributed by atoms with Crippen LogP contribution in [0.25, 0.3) is 27.0 Å². The summed E-state index contributed by atoms with van der Waals surface area (Å²) in [6, 6.07) is 13.2. The van der Waals surface area contributed by atoms with Gasteiger partial charge in [-0.3, -0.25) is 14.0 Å². The lowest BCUT2D eigenvalue weighted by molar-refractivity contribution is -0.116. The molecule has 0 spiro atoms. The number of anilines is 2. The minimum atomic E-state index is -0.296. The molecule has 0 fully saturated rings. The van der Waals surface area contributed by atoms with Gasteiger partial charge in [0, 0.05) is 28.7 Å². The number of benzene rings is 2. The highest BCUT2D eigenvalue weighted by Crippen LogP contribution is 2.35. The van der Waals surface area contributed by atoms with Crippen molar-refractivity contribution in [1.29, 1.82) is 0 Å². The molecule has 176 valence electrons. The van der Waals surface area contributed by atoms with Crippen LogP contribution in [0, 0.1) is 5.82 Å². The van der Waals surface area contributed by atoms with Gasteiger partial charge in [0.05, 0.1) is 11.1 Å². The van der Waals surface area contributed by atoms with E-state index in [1.54, 1.807) is 54.0 Å². The van der Waals surface area contributed by atoms with Crippen molar-refractivity contribution < 1.29 is 14.0 Å². The molecule has 0 saturated heterocycles. The molecule has 0 radical (unpaired) electrons. The third-order valence-electron chi connectivity index (χ3n) is 5.21. The fourth-order valence-electron chi connectivity index (χ4n) is 3.47. The van der Waals surface area contributed by atoms with Crippen molar-refractivity contribution >= 4 is 62.2 Å². The number of halogens is 1. The Kier molecular flexibility index (Phi) is 6.43. The fraction of sp³-hybridized carbons (Fsp3) is 0.125. The van der Waals surface area contributed by atoms with E-state index in [4.69, 9.17) is 0 Å². The molecule has 0 unspecified atom stereocenters.